The van der Waals surface area contributed by atoms with Crippen LogP contribution in [-0.2, 0) is 14.3 Å². The summed E-state index contributed by atoms with van der Waals surface area (Å²) in [7, 11) is 0. The molecular formula is C27H28BrNO3S. The molecule has 0 saturated heterocycles. The molecule has 6 heteroatoms. The molecule has 0 fully saturated rings. The molecule has 172 valence electrons. The van der Waals surface area contributed by atoms with Crippen LogP contribution in [0, 0.1) is 0 Å². The highest BCUT2D eigenvalue weighted by atomic mass is 79.9. The van der Waals surface area contributed by atoms with Crippen LogP contribution in [0.25, 0.3) is 0 Å². The summed E-state index contributed by atoms with van der Waals surface area (Å²) >= 11 is 5.23. The van der Waals surface area contributed by atoms with Crippen LogP contribution in [0.15, 0.2) is 81.6 Å². The predicted molar refractivity (Wildman–Crippen MR) is 137 cm³/mol. The number of dihydropyridines is 1. The van der Waals surface area contributed by atoms with Gasteiger partial charge in [0, 0.05) is 39.5 Å². The number of hydrogen-bond donors (Lipinski definition) is 1. The second-order valence-corrected chi connectivity index (χ2v) is 10.6. The highest BCUT2D eigenvalue weighted by molar-refractivity contribution is 9.10. The Kier molecular flexibility index (Phi) is 7.76. The first-order chi connectivity index (χ1) is 16.0. The summed E-state index contributed by atoms with van der Waals surface area (Å²) in [6.07, 6.45) is 1.18. The molecule has 2 aromatic carbocycles. The lowest BCUT2D eigenvalue weighted by Gasteiger charge is -2.36. The fraction of sp³-hybridized carbons (Fsp3) is 0.333. The van der Waals surface area contributed by atoms with E-state index in [4.69, 9.17) is 4.74 Å². The Hall–Kier alpha value is -2.31. The van der Waals surface area contributed by atoms with Crippen molar-refractivity contribution in [3.8, 4) is 0 Å². The lowest BCUT2D eigenvalue weighted by Crippen LogP contribution is -2.36. The number of allylic oxidation sites excluding steroid dienone is 3. The summed E-state index contributed by atoms with van der Waals surface area (Å²) in [5, 5.41) is 3.42. The normalized spacial score (nSPS) is 20.4. The van der Waals surface area contributed by atoms with E-state index in [0.717, 1.165) is 39.4 Å². The zero-order valence-corrected chi connectivity index (χ0v) is 21.3. The number of esters is 1. The molecule has 2 aromatic rings. The Bertz CT molecular complexity index is 1090. The minimum absolute atomic E-state index is 0.0878. The molecule has 0 spiro atoms. The van der Waals surface area contributed by atoms with E-state index < -0.39 is 5.92 Å². The maximum atomic E-state index is 13.6. The largest absolute Gasteiger partial charge is 0.461 e. The Balaban J connectivity index is 1.70. The number of thioether (sulfide) groups is 1. The third-order valence-corrected chi connectivity index (χ3v) is 7.58. The van der Waals surface area contributed by atoms with Gasteiger partial charge >= 0.3 is 5.97 Å². The molecule has 0 aromatic heterocycles. The van der Waals surface area contributed by atoms with Crippen LogP contribution in [0.4, 0.5) is 0 Å². The Morgan fingerprint density at radius 3 is 2.52 bits per heavy atom. The summed E-state index contributed by atoms with van der Waals surface area (Å²) < 4.78 is 6.59. The first kappa shape index (κ1) is 23.8. The highest BCUT2D eigenvalue weighted by Crippen LogP contribution is 2.45. The number of rotatable bonds is 7. The van der Waals surface area contributed by atoms with Gasteiger partial charge in [-0.3, -0.25) is 4.79 Å². The van der Waals surface area contributed by atoms with Gasteiger partial charge < -0.3 is 10.1 Å². The van der Waals surface area contributed by atoms with Crippen LogP contribution >= 0.6 is 27.7 Å². The molecule has 2 atom stereocenters. The van der Waals surface area contributed by atoms with Gasteiger partial charge in [-0.15, -0.1) is 0 Å². The molecule has 4 rings (SSSR count). The summed E-state index contributed by atoms with van der Waals surface area (Å²) in [5.41, 5.74) is 5.00. The van der Waals surface area contributed by atoms with Gasteiger partial charge in [0.25, 0.3) is 0 Å². The molecule has 4 nitrogen and oxygen atoms in total. The molecule has 1 N–H and O–H groups in total. The summed E-state index contributed by atoms with van der Waals surface area (Å²) in [6, 6.07) is 18.0. The third kappa shape index (κ3) is 5.28. The number of hydrogen-bond acceptors (Lipinski definition) is 5. The van der Waals surface area contributed by atoms with E-state index in [0.29, 0.717) is 24.2 Å². The molecule has 1 aliphatic carbocycles. The molecule has 0 radical (unpaired) electrons. The van der Waals surface area contributed by atoms with Crippen molar-refractivity contribution in [3.05, 3.63) is 92.7 Å². The van der Waals surface area contributed by atoms with Gasteiger partial charge in [-0.05, 0) is 48.3 Å². The van der Waals surface area contributed by atoms with Gasteiger partial charge in [-0.25, -0.2) is 4.79 Å². The van der Waals surface area contributed by atoms with Gasteiger partial charge in [0.15, 0.2) is 5.78 Å². The van der Waals surface area contributed by atoms with E-state index in [9.17, 15) is 9.59 Å². The SMILES string of the molecule is CCSCCOC(=O)C1=C(C)NC2=C(C(=O)C[C@H](c3ccccc3)C2)[C@H]1c1ccc(Br)cc1. The number of Topliss-reactive ketones (excluding diaryl/α,β-unsaturated/α-hetero) is 1. The van der Waals surface area contributed by atoms with E-state index in [-0.39, 0.29) is 17.7 Å². The minimum Gasteiger partial charge on any atom is -0.461 e. The molecule has 0 saturated carbocycles. The number of halogens is 1. The lowest BCUT2D eigenvalue weighted by molar-refractivity contribution is -0.138. The molecule has 2 aliphatic rings. The first-order valence-electron chi connectivity index (χ1n) is 11.3. The molecule has 33 heavy (non-hydrogen) atoms. The van der Waals surface area contributed by atoms with Crippen LogP contribution in [0.1, 0.15) is 49.7 Å². The first-order valence-corrected chi connectivity index (χ1v) is 13.2. The average molecular weight is 526 g/mol. The van der Waals surface area contributed by atoms with E-state index >= 15 is 0 Å². The molecule has 0 unspecified atom stereocenters. The van der Waals surface area contributed by atoms with Crippen molar-refractivity contribution >= 4 is 39.4 Å². The zero-order valence-electron chi connectivity index (χ0n) is 18.9. The molecular weight excluding hydrogens is 498 g/mol. The van der Waals surface area contributed by atoms with Crippen molar-refractivity contribution in [1.82, 2.24) is 5.32 Å². The second-order valence-electron chi connectivity index (χ2n) is 8.31. The number of carbonyl (C=O) groups excluding carboxylic acids is 2. The second kappa shape index (κ2) is 10.7. The number of benzene rings is 2. The average Bonchev–Trinajstić information content (AvgIpc) is 2.82. The predicted octanol–water partition coefficient (Wildman–Crippen LogP) is 6.11. The number of ketones is 1. The topological polar surface area (TPSA) is 55.4 Å². The smallest absolute Gasteiger partial charge is 0.336 e. The van der Waals surface area contributed by atoms with Crippen LogP contribution in [0.3, 0.4) is 0 Å². The van der Waals surface area contributed by atoms with Crippen molar-refractivity contribution in [3.63, 3.8) is 0 Å². The van der Waals surface area contributed by atoms with E-state index in [1.165, 1.54) is 5.56 Å². The van der Waals surface area contributed by atoms with E-state index in [1.807, 2.05) is 49.4 Å². The molecule has 0 bridgehead atoms. The number of carbonyl (C=O) groups is 2. The molecule has 1 heterocycles. The fourth-order valence-electron chi connectivity index (χ4n) is 4.67. The van der Waals surface area contributed by atoms with Gasteiger partial charge in [-0.1, -0.05) is 65.3 Å². The van der Waals surface area contributed by atoms with Crippen molar-refractivity contribution < 1.29 is 14.3 Å². The maximum absolute atomic E-state index is 13.6. The Morgan fingerprint density at radius 1 is 1.09 bits per heavy atom. The Morgan fingerprint density at radius 2 is 1.82 bits per heavy atom. The maximum Gasteiger partial charge on any atom is 0.336 e. The standard InChI is InChI=1S/C27H28BrNO3S/c1-3-33-14-13-32-27(31)24-17(2)29-22-15-20(18-7-5-4-6-8-18)16-23(30)26(22)25(24)19-9-11-21(28)12-10-19/h4-12,20,25,29H,3,13-16H2,1-2H3/t20-,25+/m1/s1. The van der Waals surface area contributed by atoms with Crippen molar-refractivity contribution in [1.29, 1.82) is 0 Å². The summed E-state index contributed by atoms with van der Waals surface area (Å²) in [5.74, 6) is 1.18. The van der Waals surface area contributed by atoms with Gasteiger partial charge in [0.2, 0.25) is 0 Å². The van der Waals surface area contributed by atoms with Crippen LogP contribution in [-0.4, -0.2) is 29.9 Å². The van der Waals surface area contributed by atoms with Crippen molar-refractivity contribution in [2.45, 2.75) is 38.5 Å². The monoisotopic (exact) mass is 525 g/mol. The summed E-state index contributed by atoms with van der Waals surface area (Å²) in [6.45, 7) is 4.35. The third-order valence-electron chi connectivity index (χ3n) is 6.19. The molecule has 0 amide bonds. The summed E-state index contributed by atoms with van der Waals surface area (Å²) in [4.78, 5) is 26.8. The Labute approximate surface area is 208 Å². The van der Waals surface area contributed by atoms with E-state index in [2.05, 4.69) is 40.3 Å². The van der Waals surface area contributed by atoms with Crippen LogP contribution < -0.4 is 5.32 Å². The van der Waals surface area contributed by atoms with Gasteiger partial charge in [-0.2, -0.15) is 11.8 Å². The minimum atomic E-state index is -0.426. The molecule has 1 aliphatic heterocycles. The van der Waals surface area contributed by atoms with Crippen LogP contribution in [0.2, 0.25) is 0 Å². The number of nitrogens with one attached hydrogen (secondary N) is 1. The van der Waals surface area contributed by atoms with Crippen LogP contribution in [0.5, 0.6) is 0 Å². The van der Waals surface area contributed by atoms with Gasteiger partial charge in [0.1, 0.15) is 6.61 Å². The van der Waals surface area contributed by atoms with E-state index in [1.54, 1.807) is 11.8 Å². The van der Waals surface area contributed by atoms with Crippen molar-refractivity contribution in [2.24, 2.45) is 0 Å². The fourth-order valence-corrected chi connectivity index (χ4v) is 5.43. The zero-order chi connectivity index (χ0) is 23.4. The van der Waals surface area contributed by atoms with Crippen molar-refractivity contribution in [2.75, 3.05) is 18.1 Å². The highest BCUT2D eigenvalue weighted by Gasteiger charge is 2.41. The van der Waals surface area contributed by atoms with Gasteiger partial charge in [0.05, 0.1) is 5.57 Å². The lowest BCUT2D eigenvalue weighted by atomic mass is 9.72. The number of ether oxygens (including phenoxy) is 1. The quantitative estimate of drug-likeness (QED) is 0.349.